The fraction of sp³-hybridized carbons (Fsp3) is 0.350. The number of hydrogen-bond acceptors (Lipinski definition) is 2. The molecule has 0 saturated carbocycles. The predicted octanol–water partition coefficient (Wildman–Crippen LogP) is 4.96. The van der Waals surface area contributed by atoms with E-state index in [9.17, 15) is 9.36 Å². The van der Waals surface area contributed by atoms with Gasteiger partial charge in [0.2, 0.25) is 0 Å². The molecule has 2 rings (SSSR count). The second kappa shape index (κ2) is 7.19. The van der Waals surface area contributed by atoms with Crippen molar-refractivity contribution in [2.45, 2.75) is 41.0 Å². The molecule has 0 saturated heterocycles. The van der Waals surface area contributed by atoms with Crippen molar-refractivity contribution in [2.24, 2.45) is 5.92 Å². The van der Waals surface area contributed by atoms with Crippen LogP contribution in [0.5, 0.6) is 0 Å². The maximum Gasteiger partial charge on any atom is 0.193 e. The molecule has 0 unspecified atom stereocenters. The van der Waals surface area contributed by atoms with Crippen molar-refractivity contribution < 1.29 is 9.36 Å². The third-order valence-electron chi connectivity index (χ3n) is 4.01. The van der Waals surface area contributed by atoms with Gasteiger partial charge in [-0.05, 0) is 55.9 Å². The second-order valence-corrected chi connectivity index (χ2v) is 7.26. The summed E-state index contributed by atoms with van der Waals surface area (Å²) in [6.45, 7) is 10.2. The first-order chi connectivity index (χ1) is 10.8. The molecule has 0 aliphatic heterocycles. The first-order valence-electron chi connectivity index (χ1n) is 7.93. The van der Waals surface area contributed by atoms with Crippen LogP contribution in [0.2, 0.25) is 0 Å². The SMILES string of the molecule is Cc1cc(C)c(C(=O)c2cccc(P=O)c2CC(C)C)c(C)c1. The molecule has 0 fully saturated rings. The minimum Gasteiger partial charge on any atom is -0.289 e. The average molecular weight is 326 g/mol. The summed E-state index contributed by atoms with van der Waals surface area (Å²) in [6, 6.07) is 9.58. The Hall–Kier alpha value is -1.79. The van der Waals surface area contributed by atoms with E-state index in [0.717, 1.165) is 34.2 Å². The molecule has 2 aromatic rings. The van der Waals surface area contributed by atoms with Crippen molar-refractivity contribution >= 4 is 19.5 Å². The Balaban J connectivity index is 2.62. The molecule has 2 nitrogen and oxygen atoms in total. The highest BCUT2D eigenvalue weighted by Gasteiger charge is 2.20. The van der Waals surface area contributed by atoms with Gasteiger partial charge in [-0.2, -0.15) is 0 Å². The van der Waals surface area contributed by atoms with Crippen molar-refractivity contribution in [3.05, 3.63) is 63.7 Å². The highest BCUT2D eigenvalue weighted by Crippen LogP contribution is 2.24. The van der Waals surface area contributed by atoms with Crippen LogP contribution in [0.25, 0.3) is 0 Å². The van der Waals surface area contributed by atoms with E-state index in [-0.39, 0.29) is 14.2 Å². The van der Waals surface area contributed by atoms with Gasteiger partial charge in [0, 0.05) is 16.4 Å². The molecule has 0 aromatic heterocycles. The molecule has 23 heavy (non-hydrogen) atoms. The Kier molecular flexibility index (Phi) is 5.49. The van der Waals surface area contributed by atoms with Crippen molar-refractivity contribution in [1.29, 1.82) is 0 Å². The lowest BCUT2D eigenvalue weighted by molar-refractivity contribution is 0.103. The molecule has 120 valence electrons. The van der Waals surface area contributed by atoms with Gasteiger partial charge in [-0.3, -0.25) is 9.36 Å². The fourth-order valence-corrected chi connectivity index (χ4v) is 3.64. The van der Waals surface area contributed by atoms with E-state index < -0.39 is 0 Å². The number of benzene rings is 2. The lowest BCUT2D eigenvalue weighted by Gasteiger charge is -2.15. The summed E-state index contributed by atoms with van der Waals surface area (Å²) in [5.41, 5.74) is 5.49. The zero-order valence-corrected chi connectivity index (χ0v) is 15.3. The third-order valence-corrected chi connectivity index (χ3v) is 4.63. The molecule has 0 heterocycles. The summed E-state index contributed by atoms with van der Waals surface area (Å²) in [5.74, 6) is 0.422. The molecule has 0 spiro atoms. The Labute approximate surface area is 140 Å². The van der Waals surface area contributed by atoms with Crippen molar-refractivity contribution in [1.82, 2.24) is 0 Å². The van der Waals surface area contributed by atoms with Crippen molar-refractivity contribution in [2.75, 3.05) is 0 Å². The van der Waals surface area contributed by atoms with Crippen LogP contribution in [0.3, 0.4) is 0 Å². The summed E-state index contributed by atoms with van der Waals surface area (Å²) in [7, 11) is -0.0309. The molecule has 0 N–H and O–H groups in total. The molecule has 0 radical (unpaired) electrons. The van der Waals surface area contributed by atoms with Gasteiger partial charge in [0.05, 0.1) is 0 Å². The summed E-state index contributed by atoms with van der Waals surface area (Å²) in [4.78, 5) is 13.2. The summed E-state index contributed by atoms with van der Waals surface area (Å²) in [5, 5.41) is 0.715. The third kappa shape index (κ3) is 3.76. The monoisotopic (exact) mass is 326 g/mol. The minimum atomic E-state index is -0.0309. The first-order valence-corrected chi connectivity index (χ1v) is 8.74. The number of carbonyl (C=O) groups is 1. The van der Waals surface area contributed by atoms with Crippen LogP contribution >= 0.6 is 8.46 Å². The van der Waals surface area contributed by atoms with E-state index in [0.29, 0.717) is 16.8 Å². The average Bonchev–Trinajstić information content (AvgIpc) is 2.45. The summed E-state index contributed by atoms with van der Waals surface area (Å²) < 4.78 is 11.5. The highest BCUT2D eigenvalue weighted by molar-refractivity contribution is 7.34. The van der Waals surface area contributed by atoms with Crippen molar-refractivity contribution in [3.63, 3.8) is 0 Å². The van der Waals surface area contributed by atoms with E-state index in [1.54, 1.807) is 0 Å². The Morgan fingerprint density at radius 2 is 1.70 bits per heavy atom. The standard InChI is InChI=1S/C20H23O2P/c1-12(2)9-17-16(7-6-8-18(17)23-22)20(21)19-14(4)10-13(3)11-15(19)5/h6-8,10-12H,9H2,1-5H3. The van der Waals surface area contributed by atoms with Gasteiger partial charge in [-0.25, -0.2) is 0 Å². The Morgan fingerprint density at radius 1 is 1.09 bits per heavy atom. The molecule has 0 atom stereocenters. The van der Waals surface area contributed by atoms with Gasteiger partial charge in [0.25, 0.3) is 0 Å². The van der Waals surface area contributed by atoms with E-state index in [1.807, 2.05) is 51.1 Å². The van der Waals surface area contributed by atoms with Crippen LogP contribution in [0.1, 0.15) is 52.0 Å². The number of aryl methyl sites for hydroxylation is 3. The van der Waals surface area contributed by atoms with E-state index in [2.05, 4.69) is 13.8 Å². The molecule has 0 bridgehead atoms. The van der Waals surface area contributed by atoms with Crippen LogP contribution in [0.15, 0.2) is 30.3 Å². The lowest BCUT2D eigenvalue weighted by Crippen LogP contribution is -2.16. The topological polar surface area (TPSA) is 34.1 Å². The summed E-state index contributed by atoms with van der Waals surface area (Å²) >= 11 is 0. The Morgan fingerprint density at radius 3 is 2.22 bits per heavy atom. The summed E-state index contributed by atoms with van der Waals surface area (Å²) in [6.07, 6.45) is 0.746. The maximum absolute atomic E-state index is 13.2. The molecule has 0 amide bonds. The molecule has 0 aliphatic carbocycles. The van der Waals surface area contributed by atoms with Gasteiger partial charge in [-0.1, -0.05) is 43.7 Å². The number of ketones is 1. The van der Waals surface area contributed by atoms with Crippen molar-refractivity contribution in [3.8, 4) is 0 Å². The molecule has 2 aromatic carbocycles. The molecule has 3 heteroatoms. The first kappa shape index (κ1) is 17.6. The van der Waals surface area contributed by atoms with Gasteiger partial charge < -0.3 is 0 Å². The molecular weight excluding hydrogens is 303 g/mol. The number of rotatable bonds is 5. The number of hydrogen-bond donors (Lipinski definition) is 0. The van der Waals surface area contributed by atoms with Gasteiger partial charge in [0.1, 0.15) is 0 Å². The zero-order valence-electron chi connectivity index (χ0n) is 14.4. The van der Waals surface area contributed by atoms with Gasteiger partial charge >= 0.3 is 0 Å². The number of carbonyl (C=O) groups excluding carboxylic acids is 1. The van der Waals surface area contributed by atoms with Crippen LogP contribution in [-0.2, 0) is 11.0 Å². The van der Waals surface area contributed by atoms with E-state index in [1.165, 1.54) is 0 Å². The smallest absolute Gasteiger partial charge is 0.193 e. The zero-order chi connectivity index (χ0) is 17.1. The van der Waals surface area contributed by atoms with Crippen LogP contribution < -0.4 is 5.30 Å². The van der Waals surface area contributed by atoms with E-state index in [4.69, 9.17) is 0 Å². The largest absolute Gasteiger partial charge is 0.289 e. The fourth-order valence-electron chi connectivity index (χ4n) is 3.17. The predicted molar refractivity (Wildman–Crippen MR) is 96.3 cm³/mol. The van der Waals surface area contributed by atoms with Crippen LogP contribution in [-0.4, -0.2) is 5.78 Å². The lowest BCUT2D eigenvalue weighted by atomic mass is 9.89. The Bertz CT molecular complexity index is 737. The molecular formula is C20H23O2P. The van der Waals surface area contributed by atoms with Crippen LogP contribution in [0, 0.1) is 26.7 Å². The quantitative estimate of drug-likeness (QED) is 0.575. The second-order valence-electron chi connectivity index (χ2n) is 6.60. The van der Waals surface area contributed by atoms with Crippen LogP contribution in [0.4, 0.5) is 0 Å². The van der Waals surface area contributed by atoms with E-state index >= 15 is 0 Å². The minimum absolute atomic E-state index is 0.0288. The highest BCUT2D eigenvalue weighted by atomic mass is 31.1. The van der Waals surface area contributed by atoms with Gasteiger partial charge in [-0.15, -0.1) is 0 Å². The normalized spacial score (nSPS) is 11.2. The maximum atomic E-state index is 13.2. The molecule has 0 aliphatic rings. The van der Waals surface area contributed by atoms with Gasteiger partial charge in [0.15, 0.2) is 14.2 Å².